The molecule has 8 aromatic carbocycles. The quantitative estimate of drug-likeness (QED) is 0.0986. The van der Waals surface area contributed by atoms with E-state index in [1.807, 2.05) is 145 Å². The maximum atomic E-state index is 13.1. The predicted octanol–water partition coefficient (Wildman–Crippen LogP) is 11.4. The highest BCUT2D eigenvalue weighted by atomic mass is 16.7. The van der Waals surface area contributed by atoms with Gasteiger partial charge in [-0.1, -0.05) is 36.4 Å². The smallest absolute Gasteiger partial charge is 0.340 e. The number of benzene rings is 8. The summed E-state index contributed by atoms with van der Waals surface area (Å²) in [6.45, 7) is 0.287. The molecule has 12 rings (SSSR count). The molecule has 0 saturated heterocycles. The number of aromatic hydroxyl groups is 2. The Morgan fingerprint density at radius 2 is 0.819 bits per heavy atom. The highest BCUT2D eigenvalue weighted by molar-refractivity contribution is 5.98. The van der Waals surface area contributed by atoms with Crippen molar-refractivity contribution in [3.05, 3.63) is 214 Å². The lowest BCUT2D eigenvalue weighted by Crippen LogP contribution is -2.33. The van der Waals surface area contributed by atoms with E-state index >= 15 is 0 Å². The summed E-state index contributed by atoms with van der Waals surface area (Å²) in [5.74, 6) is 2.86. The van der Waals surface area contributed by atoms with Gasteiger partial charge < -0.3 is 57.9 Å². The van der Waals surface area contributed by atoms with Gasteiger partial charge in [0.25, 0.3) is 0 Å². The molecule has 8 aromatic rings. The predicted molar refractivity (Wildman–Crippen MR) is 267 cm³/mol. The molecule has 4 aliphatic heterocycles. The summed E-state index contributed by atoms with van der Waals surface area (Å²) < 4.78 is 46.2. The SMILES string of the molecule is CN(c1ccc(O)cc1)c1ccc2c(c1)Oc1cc(O)ccc1C21OC(=O)c2ccccc21.COCOc1ccc(N(C)c2ccc3c(c2)Oc2cc(OCOC)ccc2C32OC(=O)c3ccccc32)cc1. The van der Waals surface area contributed by atoms with Crippen LogP contribution in [0.4, 0.5) is 22.7 Å². The third kappa shape index (κ3) is 7.52. The molecule has 0 radical (unpaired) electrons. The average molecular weight is 963 g/mol. The number of ether oxygens (including phenoxy) is 8. The molecular formula is C58H46N2O12. The van der Waals surface area contributed by atoms with Crippen LogP contribution in [-0.4, -0.2) is 64.1 Å². The van der Waals surface area contributed by atoms with E-state index in [2.05, 4.69) is 0 Å². The van der Waals surface area contributed by atoms with E-state index in [1.54, 1.807) is 56.7 Å². The Hall–Kier alpha value is -8.98. The number of rotatable bonds is 10. The molecule has 0 fully saturated rings. The van der Waals surface area contributed by atoms with E-state index in [0.717, 1.165) is 50.8 Å². The maximum absolute atomic E-state index is 13.1. The summed E-state index contributed by atoms with van der Waals surface area (Å²) in [7, 11) is 7.03. The van der Waals surface area contributed by atoms with E-state index in [0.29, 0.717) is 51.0 Å². The van der Waals surface area contributed by atoms with Gasteiger partial charge in [0.2, 0.25) is 0 Å². The number of phenols is 2. The summed E-state index contributed by atoms with van der Waals surface area (Å²) in [6, 6.07) is 51.4. The first kappa shape index (κ1) is 45.5. The number of methoxy groups -OCH3 is 2. The van der Waals surface area contributed by atoms with Crippen molar-refractivity contribution < 1.29 is 57.7 Å². The minimum atomic E-state index is -1.17. The lowest BCUT2D eigenvalue weighted by molar-refractivity contribution is 0.0213. The van der Waals surface area contributed by atoms with Crippen molar-refractivity contribution in [2.24, 2.45) is 0 Å². The standard InChI is InChI=1S/C31H27NO7.C27H19NO5/c1-32(20-8-11-22(12-9-20)36-18-34-2)21-10-14-26-28(16-21)38-29-17-23(37-19-35-3)13-15-27(29)31(26)25-7-5-4-6-24(25)30(33)39-31;1-28(16-6-9-18(29)10-7-16)17-8-12-22-24(14-17)32-25-15-19(30)11-13-23(25)27(22)21-5-3-2-4-20(21)26(31)33-27/h4-17H,18-19H2,1-3H3;2-15,29-30H,1H3. The van der Waals surface area contributed by atoms with Crippen LogP contribution in [0.5, 0.6) is 46.0 Å². The Bertz CT molecular complexity index is 3420. The first-order chi connectivity index (χ1) is 35.0. The number of hydrogen-bond acceptors (Lipinski definition) is 14. The zero-order valence-corrected chi connectivity index (χ0v) is 39.5. The van der Waals surface area contributed by atoms with Crippen LogP contribution in [0, 0.1) is 0 Å². The van der Waals surface area contributed by atoms with Crippen molar-refractivity contribution >= 4 is 34.7 Å². The van der Waals surface area contributed by atoms with E-state index < -0.39 is 17.2 Å². The van der Waals surface area contributed by atoms with Crippen molar-refractivity contribution in [3.63, 3.8) is 0 Å². The molecule has 2 atom stereocenters. The van der Waals surface area contributed by atoms with Gasteiger partial charge in [-0.2, -0.15) is 0 Å². The van der Waals surface area contributed by atoms with Gasteiger partial charge in [0.15, 0.2) is 24.8 Å². The topological polar surface area (TPSA) is 155 Å². The Labute approximate surface area is 414 Å². The van der Waals surface area contributed by atoms with Gasteiger partial charge >= 0.3 is 11.9 Å². The molecule has 4 heterocycles. The highest BCUT2D eigenvalue weighted by Crippen LogP contribution is 2.59. The number of carbonyl (C=O) groups is 2. The second kappa shape index (κ2) is 18.1. The van der Waals surface area contributed by atoms with E-state index in [-0.39, 0.29) is 31.1 Å². The van der Waals surface area contributed by atoms with Gasteiger partial charge in [-0.05, 0) is 109 Å². The Kier molecular flexibility index (Phi) is 11.4. The monoisotopic (exact) mass is 962 g/mol. The first-order valence-electron chi connectivity index (χ1n) is 22.9. The van der Waals surface area contributed by atoms with Crippen molar-refractivity contribution in [1.29, 1.82) is 0 Å². The molecule has 14 nitrogen and oxygen atoms in total. The molecule has 2 N–H and O–H groups in total. The lowest BCUT2D eigenvalue weighted by atomic mass is 9.77. The zero-order chi connectivity index (χ0) is 49.7. The molecule has 4 aliphatic rings. The molecule has 72 heavy (non-hydrogen) atoms. The molecule has 2 spiro atoms. The van der Waals surface area contributed by atoms with Gasteiger partial charge in [-0.3, -0.25) is 0 Å². The second-order valence-electron chi connectivity index (χ2n) is 17.4. The Balaban J connectivity index is 0.000000158. The molecule has 0 saturated carbocycles. The molecule has 0 bridgehead atoms. The third-order valence-corrected chi connectivity index (χ3v) is 13.3. The van der Waals surface area contributed by atoms with Crippen LogP contribution in [0.15, 0.2) is 170 Å². The fraction of sp³-hybridized carbons (Fsp3) is 0.138. The van der Waals surface area contributed by atoms with Gasteiger partial charge in [-0.25, -0.2) is 9.59 Å². The number of phenolic OH excluding ortho intramolecular Hbond substituents is 2. The molecule has 2 unspecified atom stereocenters. The number of hydrogen-bond donors (Lipinski definition) is 2. The molecule has 0 aliphatic carbocycles. The average Bonchev–Trinajstić information content (AvgIpc) is 3.87. The van der Waals surface area contributed by atoms with Crippen molar-refractivity contribution in [2.75, 3.05) is 51.7 Å². The normalized spacial score (nSPS) is 17.0. The van der Waals surface area contributed by atoms with Crippen LogP contribution in [-0.2, 0) is 30.1 Å². The summed E-state index contributed by atoms with van der Waals surface area (Å²) in [5.41, 5.74) is 6.67. The van der Waals surface area contributed by atoms with Crippen LogP contribution in [0.2, 0.25) is 0 Å². The van der Waals surface area contributed by atoms with Gasteiger partial charge in [0.1, 0.15) is 46.0 Å². The van der Waals surface area contributed by atoms with E-state index in [1.165, 1.54) is 6.07 Å². The Morgan fingerprint density at radius 1 is 0.431 bits per heavy atom. The summed E-state index contributed by atoms with van der Waals surface area (Å²) in [4.78, 5) is 30.0. The maximum Gasteiger partial charge on any atom is 0.340 e. The van der Waals surface area contributed by atoms with Crippen molar-refractivity contribution in [2.45, 2.75) is 11.2 Å². The fourth-order valence-corrected chi connectivity index (χ4v) is 9.80. The second-order valence-corrected chi connectivity index (χ2v) is 17.4. The van der Waals surface area contributed by atoms with Crippen LogP contribution in [0.3, 0.4) is 0 Å². The molecule has 0 aromatic heterocycles. The lowest BCUT2D eigenvalue weighted by Gasteiger charge is -2.37. The zero-order valence-electron chi connectivity index (χ0n) is 39.5. The van der Waals surface area contributed by atoms with E-state index in [9.17, 15) is 19.8 Å². The van der Waals surface area contributed by atoms with Crippen LogP contribution < -0.4 is 28.7 Å². The van der Waals surface area contributed by atoms with Crippen LogP contribution >= 0.6 is 0 Å². The molecule has 14 heteroatoms. The van der Waals surface area contributed by atoms with E-state index in [4.69, 9.17) is 37.9 Å². The van der Waals surface area contributed by atoms with Crippen LogP contribution in [0.1, 0.15) is 54.1 Å². The van der Waals surface area contributed by atoms with Gasteiger partial charge in [-0.15, -0.1) is 0 Å². The van der Waals surface area contributed by atoms with Gasteiger partial charge in [0.05, 0.1) is 11.1 Å². The molecule has 0 amide bonds. The summed E-state index contributed by atoms with van der Waals surface area (Å²) in [6.07, 6.45) is 0. The minimum absolute atomic E-state index is 0.0577. The molecular weight excluding hydrogens is 917 g/mol. The molecule has 360 valence electrons. The van der Waals surface area contributed by atoms with Crippen LogP contribution in [0.25, 0.3) is 0 Å². The largest absolute Gasteiger partial charge is 0.508 e. The highest BCUT2D eigenvalue weighted by Gasteiger charge is 2.55. The fourth-order valence-electron chi connectivity index (χ4n) is 9.80. The number of anilines is 4. The third-order valence-electron chi connectivity index (χ3n) is 13.3. The summed E-state index contributed by atoms with van der Waals surface area (Å²) >= 11 is 0. The first-order valence-corrected chi connectivity index (χ1v) is 22.9. The number of carbonyl (C=O) groups excluding carboxylic acids is 2. The van der Waals surface area contributed by atoms with Gasteiger partial charge in [0, 0.05) is 109 Å². The summed E-state index contributed by atoms with van der Waals surface area (Å²) in [5, 5.41) is 19.7. The number of nitrogens with zero attached hydrogens (tertiary/aromatic N) is 2. The van der Waals surface area contributed by atoms with Crippen molar-refractivity contribution in [1.82, 2.24) is 0 Å². The number of fused-ring (bicyclic) bond motifs is 12. The van der Waals surface area contributed by atoms with Crippen molar-refractivity contribution in [3.8, 4) is 46.0 Å². The Morgan fingerprint density at radius 3 is 1.33 bits per heavy atom. The number of esters is 2. The minimum Gasteiger partial charge on any atom is -0.508 e.